The Morgan fingerprint density at radius 1 is 1.50 bits per heavy atom. The SMILES string of the molecule is CCC(C)C(N)C(=O)Nc1cccc(SC)c1.Cl. The molecule has 0 aromatic heterocycles. The maximum atomic E-state index is 11.9. The summed E-state index contributed by atoms with van der Waals surface area (Å²) in [6.07, 6.45) is 2.91. The van der Waals surface area contributed by atoms with E-state index in [0.29, 0.717) is 0 Å². The van der Waals surface area contributed by atoms with Crippen LogP contribution in [0.25, 0.3) is 0 Å². The standard InChI is InChI=1S/C13H20N2OS.ClH/c1-4-9(2)12(14)13(16)15-10-6-5-7-11(8-10)17-3;/h5-9,12H,4,14H2,1-3H3,(H,15,16);1H. The van der Waals surface area contributed by atoms with Gasteiger partial charge in [0.15, 0.2) is 0 Å². The average molecular weight is 289 g/mol. The van der Waals surface area contributed by atoms with E-state index in [1.54, 1.807) is 11.8 Å². The number of benzene rings is 1. The van der Waals surface area contributed by atoms with Gasteiger partial charge in [-0.15, -0.1) is 24.2 Å². The Kier molecular flexibility index (Phi) is 8.07. The molecule has 0 heterocycles. The van der Waals surface area contributed by atoms with Crippen LogP contribution in [-0.4, -0.2) is 18.2 Å². The first-order valence-electron chi connectivity index (χ1n) is 5.79. The first kappa shape index (κ1) is 17.3. The third-order valence-electron chi connectivity index (χ3n) is 2.90. The van der Waals surface area contributed by atoms with Gasteiger partial charge in [-0.1, -0.05) is 26.3 Å². The van der Waals surface area contributed by atoms with Crippen LogP contribution in [0.5, 0.6) is 0 Å². The molecule has 0 aliphatic rings. The van der Waals surface area contributed by atoms with E-state index in [4.69, 9.17) is 5.73 Å². The van der Waals surface area contributed by atoms with Crippen molar-refractivity contribution in [3.05, 3.63) is 24.3 Å². The Morgan fingerprint density at radius 2 is 2.17 bits per heavy atom. The van der Waals surface area contributed by atoms with Crippen LogP contribution in [0, 0.1) is 5.92 Å². The predicted molar refractivity (Wildman–Crippen MR) is 81.5 cm³/mol. The molecule has 1 aromatic rings. The van der Waals surface area contributed by atoms with Gasteiger partial charge in [-0.05, 0) is 30.4 Å². The normalized spacial score (nSPS) is 13.3. The smallest absolute Gasteiger partial charge is 0.241 e. The Morgan fingerprint density at radius 3 is 2.72 bits per heavy atom. The lowest BCUT2D eigenvalue weighted by Crippen LogP contribution is -2.40. The third-order valence-corrected chi connectivity index (χ3v) is 3.62. The number of thioether (sulfide) groups is 1. The van der Waals surface area contributed by atoms with Crippen molar-refractivity contribution in [1.82, 2.24) is 0 Å². The van der Waals surface area contributed by atoms with Crippen LogP contribution in [0.15, 0.2) is 29.2 Å². The topological polar surface area (TPSA) is 55.1 Å². The quantitative estimate of drug-likeness (QED) is 0.819. The fraction of sp³-hybridized carbons (Fsp3) is 0.462. The largest absolute Gasteiger partial charge is 0.325 e. The third kappa shape index (κ3) is 4.88. The Balaban J connectivity index is 0.00000289. The molecular weight excluding hydrogens is 268 g/mol. The van der Waals surface area contributed by atoms with Gasteiger partial charge in [0.25, 0.3) is 0 Å². The highest BCUT2D eigenvalue weighted by atomic mass is 35.5. The molecule has 0 radical (unpaired) electrons. The predicted octanol–water partition coefficient (Wildman–Crippen LogP) is 3.14. The van der Waals surface area contributed by atoms with Crippen LogP contribution in [0.4, 0.5) is 5.69 Å². The monoisotopic (exact) mass is 288 g/mol. The van der Waals surface area contributed by atoms with Gasteiger partial charge >= 0.3 is 0 Å². The molecule has 3 N–H and O–H groups in total. The molecule has 1 rings (SSSR count). The maximum Gasteiger partial charge on any atom is 0.241 e. The van der Waals surface area contributed by atoms with Crippen molar-refractivity contribution in [3.63, 3.8) is 0 Å². The minimum atomic E-state index is -0.446. The molecule has 5 heteroatoms. The summed E-state index contributed by atoms with van der Waals surface area (Å²) >= 11 is 1.65. The Labute approximate surface area is 119 Å². The molecule has 1 amide bonds. The van der Waals surface area contributed by atoms with E-state index in [-0.39, 0.29) is 24.2 Å². The van der Waals surface area contributed by atoms with E-state index in [1.807, 2.05) is 44.4 Å². The second-order valence-corrected chi connectivity index (χ2v) is 5.01. The minimum absolute atomic E-state index is 0. The zero-order chi connectivity index (χ0) is 12.8. The number of nitrogens with one attached hydrogen (secondary N) is 1. The lowest BCUT2D eigenvalue weighted by molar-refractivity contribution is -0.118. The fourth-order valence-electron chi connectivity index (χ4n) is 1.44. The van der Waals surface area contributed by atoms with E-state index in [9.17, 15) is 4.79 Å². The highest BCUT2D eigenvalue weighted by Gasteiger charge is 2.19. The van der Waals surface area contributed by atoms with Crippen molar-refractivity contribution < 1.29 is 4.79 Å². The molecule has 1 aromatic carbocycles. The van der Waals surface area contributed by atoms with Crippen molar-refractivity contribution >= 4 is 35.8 Å². The van der Waals surface area contributed by atoms with E-state index in [1.165, 1.54) is 0 Å². The first-order valence-corrected chi connectivity index (χ1v) is 7.01. The average Bonchev–Trinajstić information content (AvgIpc) is 2.37. The maximum absolute atomic E-state index is 11.9. The number of anilines is 1. The molecule has 0 saturated carbocycles. The summed E-state index contributed by atoms with van der Waals surface area (Å²) in [6, 6.07) is 7.32. The first-order chi connectivity index (χ1) is 8.08. The van der Waals surface area contributed by atoms with Crippen molar-refractivity contribution in [1.29, 1.82) is 0 Å². The summed E-state index contributed by atoms with van der Waals surface area (Å²) in [5.74, 6) is 0.0799. The molecule has 0 saturated heterocycles. The van der Waals surface area contributed by atoms with Gasteiger partial charge in [-0.2, -0.15) is 0 Å². The van der Waals surface area contributed by atoms with E-state index in [2.05, 4.69) is 5.32 Å². The van der Waals surface area contributed by atoms with Gasteiger partial charge in [-0.25, -0.2) is 0 Å². The van der Waals surface area contributed by atoms with Crippen LogP contribution in [0.2, 0.25) is 0 Å². The number of hydrogen-bond acceptors (Lipinski definition) is 3. The van der Waals surface area contributed by atoms with Crippen LogP contribution in [0.1, 0.15) is 20.3 Å². The molecule has 0 aliphatic heterocycles. The van der Waals surface area contributed by atoms with Crippen LogP contribution in [0.3, 0.4) is 0 Å². The van der Waals surface area contributed by atoms with E-state index < -0.39 is 6.04 Å². The molecular formula is C13H21ClN2OS. The number of halogens is 1. The van der Waals surface area contributed by atoms with Crippen LogP contribution in [-0.2, 0) is 4.79 Å². The highest BCUT2D eigenvalue weighted by molar-refractivity contribution is 7.98. The number of carbonyl (C=O) groups is 1. The lowest BCUT2D eigenvalue weighted by atomic mass is 9.99. The van der Waals surface area contributed by atoms with Crippen LogP contribution < -0.4 is 11.1 Å². The number of amides is 1. The van der Waals surface area contributed by atoms with Crippen molar-refractivity contribution in [3.8, 4) is 0 Å². The molecule has 2 unspecified atom stereocenters. The molecule has 2 atom stereocenters. The summed E-state index contributed by atoms with van der Waals surface area (Å²) < 4.78 is 0. The summed E-state index contributed by atoms with van der Waals surface area (Å²) in [7, 11) is 0. The number of carbonyl (C=O) groups excluding carboxylic acids is 1. The Hall–Kier alpha value is -0.710. The molecule has 0 aliphatic carbocycles. The van der Waals surface area contributed by atoms with E-state index in [0.717, 1.165) is 17.0 Å². The van der Waals surface area contributed by atoms with Crippen molar-refractivity contribution in [2.24, 2.45) is 11.7 Å². The van der Waals surface area contributed by atoms with Gasteiger partial charge in [-0.3, -0.25) is 4.79 Å². The van der Waals surface area contributed by atoms with Gasteiger partial charge in [0.05, 0.1) is 6.04 Å². The fourth-order valence-corrected chi connectivity index (χ4v) is 1.90. The number of nitrogens with two attached hydrogens (primary N) is 1. The summed E-state index contributed by atoms with van der Waals surface area (Å²) in [5.41, 5.74) is 6.68. The Bertz CT molecular complexity index is 387. The van der Waals surface area contributed by atoms with Gasteiger partial charge in [0, 0.05) is 10.6 Å². The van der Waals surface area contributed by atoms with Crippen molar-refractivity contribution in [2.75, 3.05) is 11.6 Å². The van der Waals surface area contributed by atoms with Gasteiger partial charge in [0.1, 0.15) is 0 Å². The molecule has 3 nitrogen and oxygen atoms in total. The number of hydrogen-bond donors (Lipinski definition) is 2. The molecule has 18 heavy (non-hydrogen) atoms. The second kappa shape index (κ2) is 8.40. The van der Waals surface area contributed by atoms with Gasteiger partial charge in [0.2, 0.25) is 5.91 Å². The minimum Gasteiger partial charge on any atom is -0.325 e. The molecule has 0 fully saturated rings. The summed E-state index contributed by atoms with van der Waals surface area (Å²) in [5, 5.41) is 2.85. The molecule has 0 bridgehead atoms. The molecule has 0 spiro atoms. The highest BCUT2D eigenvalue weighted by Crippen LogP contribution is 2.19. The zero-order valence-corrected chi connectivity index (χ0v) is 12.6. The molecule has 102 valence electrons. The summed E-state index contributed by atoms with van der Waals surface area (Å²) in [4.78, 5) is 13.0. The summed E-state index contributed by atoms with van der Waals surface area (Å²) in [6.45, 7) is 4.02. The lowest BCUT2D eigenvalue weighted by Gasteiger charge is -2.17. The van der Waals surface area contributed by atoms with Crippen molar-refractivity contribution in [2.45, 2.75) is 31.2 Å². The van der Waals surface area contributed by atoms with Gasteiger partial charge < -0.3 is 11.1 Å². The zero-order valence-electron chi connectivity index (χ0n) is 11.0. The van der Waals surface area contributed by atoms with E-state index >= 15 is 0 Å². The second-order valence-electron chi connectivity index (χ2n) is 4.13. The number of rotatable bonds is 5. The van der Waals surface area contributed by atoms with Crippen LogP contribution >= 0.6 is 24.2 Å².